The number of rotatable bonds is 4. The van der Waals surface area contributed by atoms with Gasteiger partial charge in [-0.3, -0.25) is 14.8 Å². The normalized spacial score (nSPS) is 10.0. The SMILES string of the molecule is COc1cccc2oc(C(=O)NCC#Cc3ccc(C(=O)NO)cc3)cc12. The molecule has 27 heavy (non-hydrogen) atoms. The molecule has 2 amide bonds. The highest BCUT2D eigenvalue weighted by Crippen LogP contribution is 2.28. The molecule has 0 radical (unpaired) electrons. The van der Waals surface area contributed by atoms with Crippen LogP contribution in [0.3, 0.4) is 0 Å². The maximum Gasteiger partial charge on any atom is 0.287 e. The molecule has 0 fully saturated rings. The van der Waals surface area contributed by atoms with Crippen molar-refractivity contribution in [2.75, 3.05) is 13.7 Å². The molecule has 7 nitrogen and oxygen atoms in total. The molecule has 0 spiro atoms. The molecule has 0 aliphatic rings. The zero-order valence-corrected chi connectivity index (χ0v) is 14.4. The van der Waals surface area contributed by atoms with Crippen molar-refractivity contribution in [1.29, 1.82) is 0 Å². The van der Waals surface area contributed by atoms with Crippen LogP contribution in [0.1, 0.15) is 26.5 Å². The van der Waals surface area contributed by atoms with Gasteiger partial charge in [-0.05, 0) is 36.4 Å². The van der Waals surface area contributed by atoms with E-state index in [1.807, 2.05) is 0 Å². The number of amides is 2. The van der Waals surface area contributed by atoms with E-state index < -0.39 is 5.91 Å². The highest BCUT2D eigenvalue weighted by Gasteiger charge is 2.13. The lowest BCUT2D eigenvalue weighted by Crippen LogP contribution is -2.22. The quantitative estimate of drug-likeness (QED) is 0.375. The predicted octanol–water partition coefficient (Wildman–Crippen LogP) is 2.34. The molecule has 0 aliphatic heterocycles. The number of carbonyl (C=O) groups is 2. The second-order valence-electron chi connectivity index (χ2n) is 5.49. The van der Waals surface area contributed by atoms with Gasteiger partial charge in [-0.1, -0.05) is 17.9 Å². The molecule has 136 valence electrons. The van der Waals surface area contributed by atoms with Crippen LogP contribution in [0.4, 0.5) is 0 Å². The van der Waals surface area contributed by atoms with Gasteiger partial charge in [0.1, 0.15) is 11.3 Å². The van der Waals surface area contributed by atoms with Gasteiger partial charge in [-0.15, -0.1) is 0 Å². The molecule has 7 heteroatoms. The number of ether oxygens (including phenoxy) is 1. The molecule has 0 atom stereocenters. The number of nitrogens with one attached hydrogen (secondary N) is 2. The lowest BCUT2D eigenvalue weighted by molar-refractivity contribution is 0.0706. The summed E-state index contributed by atoms with van der Waals surface area (Å²) in [5, 5.41) is 12.0. The van der Waals surface area contributed by atoms with Gasteiger partial charge in [-0.2, -0.15) is 0 Å². The standard InChI is InChI=1S/C20H16N2O5/c1-26-16-5-2-6-17-15(16)12-18(27-17)20(24)21-11-3-4-13-7-9-14(10-8-13)19(23)22-25/h2,5-10,12,25H,11H2,1H3,(H,21,24)(H,22,23). The van der Waals surface area contributed by atoms with Gasteiger partial charge in [0.15, 0.2) is 5.76 Å². The summed E-state index contributed by atoms with van der Waals surface area (Å²) in [5.74, 6) is 5.53. The summed E-state index contributed by atoms with van der Waals surface area (Å²) in [7, 11) is 1.56. The second kappa shape index (κ2) is 8.08. The van der Waals surface area contributed by atoms with E-state index in [2.05, 4.69) is 17.2 Å². The van der Waals surface area contributed by atoms with Crippen LogP contribution in [0.15, 0.2) is 52.9 Å². The first-order valence-electron chi connectivity index (χ1n) is 8.00. The van der Waals surface area contributed by atoms with E-state index in [-0.39, 0.29) is 18.2 Å². The fourth-order valence-corrected chi connectivity index (χ4v) is 2.45. The Bertz CT molecular complexity index is 1040. The smallest absolute Gasteiger partial charge is 0.287 e. The number of fused-ring (bicyclic) bond motifs is 1. The third kappa shape index (κ3) is 4.08. The number of carbonyl (C=O) groups excluding carboxylic acids is 2. The Morgan fingerprint density at radius 1 is 1.15 bits per heavy atom. The van der Waals surface area contributed by atoms with Crippen molar-refractivity contribution in [3.05, 3.63) is 65.4 Å². The van der Waals surface area contributed by atoms with Crippen molar-refractivity contribution in [3.8, 4) is 17.6 Å². The Balaban J connectivity index is 1.62. The molecule has 1 aromatic heterocycles. The van der Waals surface area contributed by atoms with E-state index in [0.29, 0.717) is 22.5 Å². The molecule has 3 rings (SSSR count). The summed E-state index contributed by atoms with van der Waals surface area (Å²) in [4.78, 5) is 23.4. The Morgan fingerprint density at radius 2 is 1.93 bits per heavy atom. The maximum atomic E-state index is 12.2. The minimum absolute atomic E-state index is 0.131. The first-order chi connectivity index (χ1) is 13.1. The molecule has 3 aromatic rings. The molecule has 0 unspecified atom stereocenters. The van der Waals surface area contributed by atoms with Gasteiger partial charge in [-0.25, -0.2) is 5.48 Å². The monoisotopic (exact) mass is 364 g/mol. The van der Waals surface area contributed by atoms with Gasteiger partial charge in [0.05, 0.1) is 19.0 Å². The molecule has 1 heterocycles. The van der Waals surface area contributed by atoms with Crippen molar-refractivity contribution in [2.24, 2.45) is 0 Å². The number of furan rings is 1. The molecule has 0 bridgehead atoms. The van der Waals surface area contributed by atoms with E-state index in [1.54, 1.807) is 49.0 Å². The number of methoxy groups -OCH3 is 1. The van der Waals surface area contributed by atoms with Crippen molar-refractivity contribution in [2.45, 2.75) is 0 Å². The lowest BCUT2D eigenvalue weighted by atomic mass is 10.1. The fourth-order valence-electron chi connectivity index (χ4n) is 2.45. The van der Waals surface area contributed by atoms with Crippen LogP contribution in [-0.4, -0.2) is 30.7 Å². The third-order valence-electron chi connectivity index (χ3n) is 3.78. The summed E-state index contributed by atoms with van der Waals surface area (Å²) in [6, 6.07) is 13.3. The van der Waals surface area contributed by atoms with E-state index in [0.717, 1.165) is 5.39 Å². The molecule has 2 aromatic carbocycles. The van der Waals surface area contributed by atoms with Crippen molar-refractivity contribution >= 4 is 22.8 Å². The molecular formula is C20H16N2O5. The van der Waals surface area contributed by atoms with Crippen LogP contribution in [0, 0.1) is 11.8 Å². The van der Waals surface area contributed by atoms with Crippen LogP contribution in [0.2, 0.25) is 0 Å². The second-order valence-corrected chi connectivity index (χ2v) is 5.49. The van der Waals surface area contributed by atoms with Crippen molar-refractivity contribution in [3.63, 3.8) is 0 Å². The molecule has 3 N–H and O–H groups in total. The van der Waals surface area contributed by atoms with Gasteiger partial charge < -0.3 is 14.5 Å². The molecule has 0 aliphatic carbocycles. The zero-order valence-electron chi connectivity index (χ0n) is 14.4. The minimum Gasteiger partial charge on any atom is -0.496 e. The Kier molecular flexibility index (Phi) is 5.40. The van der Waals surface area contributed by atoms with Crippen molar-refractivity contribution in [1.82, 2.24) is 10.8 Å². The Labute approximate surface area is 154 Å². The number of hydroxylamine groups is 1. The number of hydrogen-bond acceptors (Lipinski definition) is 5. The number of hydrogen-bond donors (Lipinski definition) is 3. The van der Waals surface area contributed by atoms with Crippen LogP contribution < -0.4 is 15.5 Å². The van der Waals surface area contributed by atoms with E-state index in [4.69, 9.17) is 14.4 Å². The van der Waals surface area contributed by atoms with Crippen LogP contribution in [0.5, 0.6) is 5.75 Å². The third-order valence-corrected chi connectivity index (χ3v) is 3.78. The summed E-state index contributed by atoms with van der Waals surface area (Å²) < 4.78 is 10.8. The fraction of sp³-hybridized carbons (Fsp3) is 0.100. The minimum atomic E-state index is -0.593. The summed E-state index contributed by atoms with van der Waals surface area (Å²) in [5.41, 5.74) is 3.12. The molecular weight excluding hydrogens is 348 g/mol. The summed E-state index contributed by atoms with van der Waals surface area (Å²) >= 11 is 0. The highest BCUT2D eigenvalue weighted by molar-refractivity contribution is 5.97. The van der Waals surface area contributed by atoms with Crippen molar-refractivity contribution < 1.29 is 24.0 Å². The Hall–Kier alpha value is -3.76. The van der Waals surface area contributed by atoms with Gasteiger partial charge in [0.2, 0.25) is 0 Å². The topological polar surface area (TPSA) is 101 Å². The Morgan fingerprint density at radius 3 is 2.63 bits per heavy atom. The average molecular weight is 364 g/mol. The van der Waals surface area contributed by atoms with Crippen LogP contribution >= 0.6 is 0 Å². The first kappa shape index (κ1) is 18.0. The lowest BCUT2D eigenvalue weighted by Gasteiger charge is -1.98. The summed E-state index contributed by atoms with van der Waals surface area (Å²) in [6.07, 6.45) is 0. The van der Waals surface area contributed by atoms with Gasteiger partial charge in [0.25, 0.3) is 11.8 Å². The largest absolute Gasteiger partial charge is 0.496 e. The maximum absolute atomic E-state index is 12.2. The van der Waals surface area contributed by atoms with E-state index in [1.165, 1.54) is 12.1 Å². The van der Waals surface area contributed by atoms with E-state index >= 15 is 0 Å². The average Bonchev–Trinajstić information content (AvgIpc) is 3.15. The van der Waals surface area contributed by atoms with Gasteiger partial charge >= 0.3 is 0 Å². The van der Waals surface area contributed by atoms with Crippen LogP contribution in [0.25, 0.3) is 11.0 Å². The summed E-state index contributed by atoms with van der Waals surface area (Å²) in [6.45, 7) is 0.131. The highest BCUT2D eigenvalue weighted by atomic mass is 16.5. The molecule has 0 saturated carbocycles. The number of benzene rings is 2. The first-order valence-corrected chi connectivity index (χ1v) is 8.00. The zero-order chi connectivity index (χ0) is 19.2. The van der Waals surface area contributed by atoms with E-state index in [9.17, 15) is 9.59 Å². The predicted molar refractivity (Wildman–Crippen MR) is 97.7 cm³/mol. The van der Waals surface area contributed by atoms with Crippen LogP contribution in [-0.2, 0) is 0 Å². The van der Waals surface area contributed by atoms with Gasteiger partial charge in [0, 0.05) is 17.2 Å². The molecule has 0 saturated heterocycles.